The molecule has 4 aliphatic rings. The van der Waals surface area contributed by atoms with E-state index in [1.807, 2.05) is 0 Å². The fourth-order valence-corrected chi connectivity index (χ4v) is 4.45. The molecule has 0 heterocycles. The molecule has 0 spiro atoms. The van der Waals surface area contributed by atoms with Crippen LogP contribution >= 0.6 is 24.8 Å². The van der Waals surface area contributed by atoms with E-state index >= 15 is 0 Å². The van der Waals surface area contributed by atoms with E-state index in [0.717, 1.165) is 12.8 Å². The first kappa shape index (κ1) is 29.7. The van der Waals surface area contributed by atoms with Gasteiger partial charge in [-0.1, -0.05) is 109 Å². The molecule has 180 valence electrons. The average molecular weight is 589 g/mol. The fraction of sp³-hybridized carbons (Fsp3) is 0.0606. The van der Waals surface area contributed by atoms with Crippen molar-refractivity contribution in [3.05, 3.63) is 168 Å². The van der Waals surface area contributed by atoms with Crippen molar-refractivity contribution in [2.75, 3.05) is 0 Å². The van der Waals surface area contributed by atoms with Crippen LogP contribution in [0.2, 0.25) is 0 Å². The van der Waals surface area contributed by atoms with Crippen LogP contribution in [0.5, 0.6) is 0 Å². The minimum atomic E-state index is 0. The third-order valence-electron chi connectivity index (χ3n) is 5.99. The summed E-state index contributed by atoms with van der Waals surface area (Å²) in [5.41, 5.74) is 10.7. The Bertz CT molecular complexity index is 1150. The van der Waals surface area contributed by atoms with Crippen molar-refractivity contribution in [1.82, 2.24) is 0 Å². The number of allylic oxidation sites excluding steroid dienone is 16. The molecule has 6 rings (SSSR count). The molecule has 0 atom stereocenters. The third-order valence-corrected chi connectivity index (χ3v) is 5.99. The second-order valence-electron chi connectivity index (χ2n) is 8.02. The molecular weight excluding hydrogens is 558 g/mol. The summed E-state index contributed by atoms with van der Waals surface area (Å²) in [6, 6.07) is 21.2. The second-order valence-corrected chi connectivity index (χ2v) is 8.02. The summed E-state index contributed by atoms with van der Waals surface area (Å²) in [4.78, 5) is 0. The Morgan fingerprint density at radius 1 is 0.500 bits per heavy atom. The molecule has 0 N–H and O–H groups in total. The summed E-state index contributed by atoms with van der Waals surface area (Å²) < 4.78 is 3.34. The van der Waals surface area contributed by atoms with E-state index in [4.69, 9.17) is 0 Å². The first-order valence-electron chi connectivity index (χ1n) is 11.6. The zero-order valence-corrected chi connectivity index (χ0v) is 24.2. The van der Waals surface area contributed by atoms with Gasteiger partial charge in [-0.25, -0.2) is 0 Å². The summed E-state index contributed by atoms with van der Waals surface area (Å²) >= 11 is 1.30. The predicted octanol–water partition coefficient (Wildman–Crippen LogP) is 9.01. The van der Waals surface area contributed by atoms with Gasteiger partial charge >= 0.3 is 28.4 Å². The Morgan fingerprint density at radius 2 is 0.861 bits per heavy atom. The normalized spacial score (nSPS) is 16.1. The standard InChI is InChI=1S/2C16H13.CH2.2ClH.Zr/c2*1-2-7-13(8-3-1)15-11-5-4-9-14-10-6-12-16(14)15;;;;/h2*1-5,7-12H,6H2;1H2;2*1H;/q2*-1;;;;+2. The zero-order chi connectivity index (χ0) is 23.6. The molecular formula is C33H30Cl2Zr. The number of fused-ring (bicyclic) bond motifs is 2. The molecule has 0 bridgehead atoms. The van der Waals surface area contributed by atoms with Crippen molar-refractivity contribution >= 4 is 40.2 Å². The van der Waals surface area contributed by atoms with Gasteiger partial charge in [-0.05, 0) is 11.1 Å². The van der Waals surface area contributed by atoms with Gasteiger partial charge < -0.3 is 0 Å². The Balaban J connectivity index is 0.000000226. The number of halogens is 2. The van der Waals surface area contributed by atoms with E-state index in [-0.39, 0.29) is 24.8 Å². The first-order valence-corrected chi connectivity index (χ1v) is 13.4. The topological polar surface area (TPSA) is 0 Å². The Labute approximate surface area is 243 Å². The molecule has 0 nitrogen and oxygen atoms in total. The zero-order valence-electron chi connectivity index (χ0n) is 20.1. The van der Waals surface area contributed by atoms with Gasteiger partial charge in [-0.15, -0.1) is 60.3 Å². The van der Waals surface area contributed by atoms with E-state index in [9.17, 15) is 0 Å². The summed E-state index contributed by atoms with van der Waals surface area (Å²) in [5, 5.41) is 0. The molecule has 0 aromatic heterocycles. The quantitative estimate of drug-likeness (QED) is 0.307. The van der Waals surface area contributed by atoms with Gasteiger partial charge in [0.15, 0.2) is 0 Å². The monoisotopic (exact) mass is 586 g/mol. The van der Waals surface area contributed by atoms with Crippen LogP contribution in [0.4, 0.5) is 0 Å². The van der Waals surface area contributed by atoms with Crippen LogP contribution in [0.25, 0.3) is 11.1 Å². The maximum absolute atomic E-state index is 3.34. The van der Waals surface area contributed by atoms with Gasteiger partial charge in [0.2, 0.25) is 0 Å². The second kappa shape index (κ2) is 15.5. The van der Waals surface area contributed by atoms with Crippen LogP contribution in [-0.2, 0) is 24.2 Å². The molecule has 0 aliphatic heterocycles. The molecule has 3 heteroatoms. The molecule has 4 aliphatic carbocycles. The summed E-state index contributed by atoms with van der Waals surface area (Å²) in [6.07, 6.45) is 28.5. The summed E-state index contributed by atoms with van der Waals surface area (Å²) in [5.74, 6) is 0. The first-order chi connectivity index (χ1) is 16.9. The van der Waals surface area contributed by atoms with Crippen molar-refractivity contribution in [1.29, 1.82) is 0 Å². The van der Waals surface area contributed by atoms with E-state index in [2.05, 4.69) is 138 Å². The van der Waals surface area contributed by atoms with Gasteiger partial charge in [-0.2, -0.15) is 36.1 Å². The van der Waals surface area contributed by atoms with Crippen molar-refractivity contribution in [3.8, 4) is 0 Å². The van der Waals surface area contributed by atoms with E-state index in [1.54, 1.807) is 0 Å². The predicted molar refractivity (Wildman–Crippen MR) is 159 cm³/mol. The van der Waals surface area contributed by atoms with Crippen LogP contribution in [0.3, 0.4) is 0 Å². The molecule has 2 aromatic rings. The van der Waals surface area contributed by atoms with Crippen LogP contribution in [0.1, 0.15) is 24.0 Å². The molecule has 0 unspecified atom stereocenters. The van der Waals surface area contributed by atoms with Gasteiger partial charge in [0.05, 0.1) is 0 Å². The number of benzene rings is 2. The Kier molecular flexibility index (Phi) is 12.8. The molecule has 36 heavy (non-hydrogen) atoms. The van der Waals surface area contributed by atoms with Crippen molar-refractivity contribution in [2.24, 2.45) is 0 Å². The van der Waals surface area contributed by atoms with Crippen LogP contribution in [0.15, 0.2) is 144 Å². The molecule has 0 fully saturated rings. The SMILES string of the molecule is C1=CC=C(c2ccccc2)C2=CC[CH-]C2=C1.C1=CC=C(c2ccccc2)C2=CC[CH-]C2=C1.Cl.Cl.[CH2]=[Zr+2]. The van der Waals surface area contributed by atoms with Gasteiger partial charge in [0.25, 0.3) is 0 Å². The molecule has 0 amide bonds. The number of rotatable bonds is 2. The number of hydrogen-bond acceptors (Lipinski definition) is 0. The van der Waals surface area contributed by atoms with E-state index in [0.29, 0.717) is 0 Å². The Hall–Kier alpha value is -2.57. The molecule has 0 radical (unpaired) electrons. The molecule has 2 aromatic carbocycles. The van der Waals surface area contributed by atoms with Crippen LogP contribution in [0, 0.1) is 12.8 Å². The summed E-state index contributed by atoms with van der Waals surface area (Å²) in [7, 11) is 0. The Morgan fingerprint density at radius 3 is 1.25 bits per heavy atom. The minimum absolute atomic E-state index is 0. The number of hydrogen-bond donors (Lipinski definition) is 0. The maximum atomic E-state index is 3.34. The molecule has 0 saturated heterocycles. The van der Waals surface area contributed by atoms with Crippen molar-refractivity contribution < 1.29 is 24.2 Å². The third kappa shape index (κ3) is 7.24. The fourth-order valence-electron chi connectivity index (χ4n) is 4.45. The summed E-state index contributed by atoms with van der Waals surface area (Å²) in [6.45, 7) is 0. The van der Waals surface area contributed by atoms with Gasteiger partial charge in [0.1, 0.15) is 0 Å². The van der Waals surface area contributed by atoms with Crippen molar-refractivity contribution in [2.45, 2.75) is 12.8 Å². The molecule has 0 saturated carbocycles. The van der Waals surface area contributed by atoms with Crippen LogP contribution in [-0.4, -0.2) is 4.21 Å². The van der Waals surface area contributed by atoms with Crippen LogP contribution < -0.4 is 0 Å². The average Bonchev–Trinajstić information content (AvgIpc) is 3.46. The van der Waals surface area contributed by atoms with E-state index in [1.165, 1.54) is 68.8 Å². The van der Waals surface area contributed by atoms with Gasteiger partial charge in [0, 0.05) is 0 Å². The van der Waals surface area contributed by atoms with Crippen molar-refractivity contribution in [3.63, 3.8) is 0 Å². The van der Waals surface area contributed by atoms with Gasteiger partial charge in [-0.3, -0.25) is 0 Å². The van der Waals surface area contributed by atoms with E-state index < -0.39 is 0 Å².